The van der Waals surface area contributed by atoms with Crippen LogP contribution < -0.4 is 10.9 Å². The summed E-state index contributed by atoms with van der Waals surface area (Å²) in [6.07, 6.45) is 2.62. The second-order valence-corrected chi connectivity index (χ2v) is 2.67. The molecule has 0 aliphatic heterocycles. The summed E-state index contributed by atoms with van der Waals surface area (Å²) in [4.78, 5) is 21.6. The zero-order valence-corrected chi connectivity index (χ0v) is 7.48. The van der Waals surface area contributed by atoms with E-state index in [4.69, 9.17) is 5.11 Å². The van der Waals surface area contributed by atoms with Crippen molar-refractivity contribution in [2.75, 3.05) is 0 Å². The van der Waals surface area contributed by atoms with Gasteiger partial charge in [-0.25, -0.2) is 5.43 Å². The Bertz CT molecular complexity index is 320. The molecule has 0 bridgehead atoms. The highest BCUT2D eigenvalue weighted by Crippen LogP contribution is 1.98. The van der Waals surface area contributed by atoms with Gasteiger partial charge in [0.2, 0.25) is 0 Å². The second-order valence-electron chi connectivity index (χ2n) is 2.67. The number of carboxylic acids is 1. The molecule has 1 atom stereocenters. The molecule has 0 radical (unpaired) electrons. The molecular formula is C8H10N2O4. The molecule has 0 saturated heterocycles. The van der Waals surface area contributed by atoms with Crippen LogP contribution in [0.1, 0.15) is 17.3 Å². The number of rotatable bonds is 4. The standard InChI is InChI=1S/C8H10N2O4/c1-5(8(12)13)9-10-7(11)6-2-3-14-4-6/h2-5,9H,1H3,(H,10,11)(H,12,13)/t5-/m0/s1. The molecule has 1 aromatic heterocycles. The lowest BCUT2D eigenvalue weighted by Crippen LogP contribution is -2.46. The van der Waals surface area contributed by atoms with Gasteiger partial charge in [0.15, 0.2) is 0 Å². The van der Waals surface area contributed by atoms with Gasteiger partial charge in [0, 0.05) is 0 Å². The number of carbonyl (C=O) groups excluding carboxylic acids is 1. The average Bonchev–Trinajstić information content (AvgIpc) is 2.66. The number of furan rings is 1. The van der Waals surface area contributed by atoms with E-state index >= 15 is 0 Å². The van der Waals surface area contributed by atoms with Crippen molar-refractivity contribution in [1.82, 2.24) is 10.9 Å². The van der Waals surface area contributed by atoms with Gasteiger partial charge < -0.3 is 9.52 Å². The SMILES string of the molecule is C[C@H](NNC(=O)c1ccoc1)C(=O)O. The minimum absolute atomic E-state index is 0.329. The molecular weight excluding hydrogens is 188 g/mol. The van der Waals surface area contributed by atoms with Crippen molar-refractivity contribution in [3.63, 3.8) is 0 Å². The van der Waals surface area contributed by atoms with Crippen molar-refractivity contribution in [3.05, 3.63) is 24.2 Å². The van der Waals surface area contributed by atoms with Crippen LogP contribution in [-0.4, -0.2) is 23.0 Å². The lowest BCUT2D eigenvalue weighted by molar-refractivity contribution is -0.139. The van der Waals surface area contributed by atoms with Crippen LogP contribution in [0.3, 0.4) is 0 Å². The van der Waals surface area contributed by atoms with E-state index in [9.17, 15) is 9.59 Å². The predicted molar refractivity (Wildman–Crippen MR) is 46.4 cm³/mol. The zero-order chi connectivity index (χ0) is 10.6. The second kappa shape index (κ2) is 4.43. The van der Waals surface area contributed by atoms with Gasteiger partial charge in [0.1, 0.15) is 12.3 Å². The first-order chi connectivity index (χ1) is 6.61. The van der Waals surface area contributed by atoms with Crippen molar-refractivity contribution in [2.45, 2.75) is 13.0 Å². The van der Waals surface area contributed by atoms with Crippen molar-refractivity contribution in [3.8, 4) is 0 Å². The van der Waals surface area contributed by atoms with Crippen molar-refractivity contribution >= 4 is 11.9 Å². The van der Waals surface area contributed by atoms with Crippen LogP contribution >= 0.6 is 0 Å². The third-order valence-corrected chi connectivity index (χ3v) is 1.56. The smallest absolute Gasteiger partial charge is 0.322 e. The molecule has 0 fully saturated rings. The summed E-state index contributed by atoms with van der Waals surface area (Å²) in [5, 5.41) is 8.49. The maximum Gasteiger partial charge on any atom is 0.322 e. The molecule has 76 valence electrons. The van der Waals surface area contributed by atoms with Gasteiger partial charge in [-0.15, -0.1) is 0 Å². The Morgan fingerprint density at radius 3 is 2.79 bits per heavy atom. The van der Waals surface area contributed by atoms with E-state index in [1.165, 1.54) is 25.5 Å². The monoisotopic (exact) mass is 198 g/mol. The molecule has 0 saturated carbocycles. The van der Waals surface area contributed by atoms with Gasteiger partial charge in [0.25, 0.3) is 5.91 Å². The van der Waals surface area contributed by atoms with Crippen molar-refractivity contribution in [2.24, 2.45) is 0 Å². The molecule has 14 heavy (non-hydrogen) atoms. The summed E-state index contributed by atoms with van der Waals surface area (Å²) in [6.45, 7) is 1.41. The number of hydrogen-bond acceptors (Lipinski definition) is 4. The Morgan fingerprint density at radius 1 is 1.57 bits per heavy atom. The third-order valence-electron chi connectivity index (χ3n) is 1.56. The summed E-state index contributed by atoms with van der Waals surface area (Å²) in [7, 11) is 0. The first-order valence-corrected chi connectivity index (χ1v) is 3.92. The molecule has 1 heterocycles. The summed E-state index contributed by atoms with van der Waals surface area (Å²) >= 11 is 0. The highest BCUT2D eigenvalue weighted by Gasteiger charge is 2.12. The van der Waals surface area contributed by atoms with Gasteiger partial charge in [-0.3, -0.25) is 15.0 Å². The zero-order valence-electron chi connectivity index (χ0n) is 7.48. The molecule has 0 aliphatic carbocycles. The number of hydrazine groups is 1. The minimum atomic E-state index is -1.04. The Balaban J connectivity index is 2.40. The normalized spacial score (nSPS) is 12.1. The molecule has 0 spiro atoms. The summed E-state index contributed by atoms with van der Waals surface area (Å²) < 4.78 is 4.68. The van der Waals surface area contributed by atoms with E-state index in [0.29, 0.717) is 5.56 Å². The Morgan fingerprint density at radius 2 is 2.29 bits per heavy atom. The molecule has 3 N–H and O–H groups in total. The van der Waals surface area contributed by atoms with Crippen molar-refractivity contribution < 1.29 is 19.1 Å². The maximum absolute atomic E-state index is 11.2. The quantitative estimate of drug-likeness (QED) is 0.592. The van der Waals surface area contributed by atoms with Crippen LogP contribution in [-0.2, 0) is 4.79 Å². The fourth-order valence-corrected chi connectivity index (χ4v) is 0.701. The van der Waals surface area contributed by atoms with E-state index in [2.05, 4.69) is 15.3 Å². The van der Waals surface area contributed by atoms with Crippen LogP contribution in [0.25, 0.3) is 0 Å². The van der Waals surface area contributed by atoms with E-state index in [1.807, 2.05) is 0 Å². The maximum atomic E-state index is 11.2. The Kier molecular flexibility index (Phi) is 3.24. The third kappa shape index (κ3) is 2.60. The van der Waals surface area contributed by atoms with Gasteiger partial charge in [-0.05, 0) is 13.0 Å². The Hall–Kier alpha value is -1.82. The molecule has 0 unspecified atom stereocenters. The van der Waals surface area contributed by atoms with Crippen molar-refractivity contribution in [1.29, 1.82) is 0 Å². The predicted octanol–water partition coefficient (Wildman–Crippen LogP) is -0.0129. The molecule has 6 nitrogen and oxygen atoms in total. The fourth-order valence-electron chi connectivity index (χ4n) is 0.701. The highest BCUT2D eigenvalue weighted by atomic mass is 16.4. The summed E-state index contributed by atoms with van der Waals surface area (Å²) in [5.41, 5.74) is 4.89. The largest absolute Gasteiger partial charge is 0.480 e. The molecule has 1 amide bonds. The molecule has 6 heteroatoms. The fraction of sp³-hybridized carbons (Fsp3) is 0.250. The van der Waals surface area contributed by atoms with Crippen LogP contribution in [0.2, 0.25) is 0 Å². The van der Waals surface area contributed by atoms with Crippen LogP contribution in [0, 0.1) is 0 Å². The first kappa shape index (κ1) is 10.3. The number of hydrogen-bond donors (Lipinski definition) is 3. The van der Waals surface area contributed by atoms with E-state index in [-0.39, 0.29) is 0 Å². The van der Waals surface area contributed by atoms with Crippen LogP contribution in [0.5, 0.6) is 0 Å². The molecule has 0 aliphatic rings. The van der Waals surface area contributed by atoms with Gasteiger partial charge in [-0.1, -0.05) is 0 Å². The van der Waals surface area contributed by atoms with E-state index in [1.54, 1.807) is 0 Å². The number of aliphatic carboxylic acids is 1. The number of amides is 1. The van der Waals surface area contributed by atoms with Crippen LogP contribution in [0.15, 0.2) is 23.0 Å². The number of carboxylic acid groups (broad SMARTS) is 1. The topological polar surface area (TPSA) is 91.6 Å². The lowest BCUT2D eigenvalue weighted by atomic mass is 10.3. The highest BCUT2D eigenvalue weighted by molar-refractivity contribution is 5.93. The Labute approximate surface area is 79.9 Å². The molecule has 0 aromatic carbocycles. The molecule has 1 aromatic rings. The number of nitrogens with one attached hydrogen (secondary N) is 2. The van der Waals surface area contributed by atoms with E-state index in [0.717, 1.165) is 0 Å². The molecule has 1 rings (SSSR count). The average molecular weight is 198 g/mol. The van der Waals surface area contributed by atoms with Gasteiger partial charge in [-0.2, -0.15) is 0 Å². The van der Waals surface area contributed by atoms with Crippen LogP contribution in [0.4, 0.5) is 0 Å². The van der Waals surface area contributed by atoms with Gasteiger partial charge >= 0.3 is 5.97 Å². The summed E-state index contributed by atoms with van der Waals surface area (Å²) in [5.74, 6) is -1.48. The minimum Gasteiger partial charge on any atom is -0.480 e. The van der Waals surface area contributed by atoms with E-state index < -0.39 is 17.9 Å². The first-order valence-electron chi connectivity index (χ1n) is 3.92. The lowest BCUT2D eigenvalue weighted by Gasteiger charge is -2.09. The van der Waals surface area contributed by atoms with Gasteiger partial charge in [0.05, 0.1) is 11.8 Å². The summed E-state index contributed by atoms with van der Waals surface area (Å²) in [6, 6.07) is 0.633. The number of carbonyl (C=O) groups is 2.